The normalized spacial score (nSPS) is 7.67. The van der Waals surface area contributed by atoms with Gasteiger partial charge in [-0.1, -0.05) is 13.0 Å². The molecule has 0 aliphatic rings. The van der Waals surface area contributed by atoms with Gasteiger partial charge in [-0.05, 0) is 0 Å². The molecule has 0 bridgehead atoms. The molecule has 9 heavy (non-hydrogen) atoms. The number of benzene rings is 1. The summed E-state index contributed by atoms with van der Waals surface area (Å²) in [6.45, 7) is 2.04. The molecular weight excluding hydrogens is 185 g/mol. The molecule has 0 spiro atoms. The van der Waals surface area contributed by atoms with Crippen molar-refractivity contribution < 1.29 is 32.7 Å². The molecule has 0 saturated carbocycles. The summed E-state index contributed by atoms with van der Waals surface area (Å²) < 4.78 is 0. The average molecular weight is 194 g/mol. The molecular formula is C8H9Y-. The smallest absolute Gasteiger partial charge is 0 e. The van der Waals surface area contributed by atoms with Gasteiger partial charge in [-0.3, -0.25) is 0 Å². The second-order valence-corrected chi connectivity index (χ2v) is 1.70. The number of hydrogen-bond donors (Lipinski definition) is 0. The van der Waals surface area contributed by atoms with Crippen LogP contribution in [0.3, 0.4) is 0 Å². The second kappa shape index (κ2) is 5.02. The largest absolute Gasteiger partial charge is 0.192 e. The molecule has 0 aromatic heterocycles. The van der Waals surface area contributed by atoms with Crippen molar-refractivity contribution in [3.63, 3.8) is 0 Å². The van der Waals surface area contributed by atoms with Gasteiger partial charge >= 0.3 is 0 Å². The molecule has 0 heterocycles. The van der Waals surface area contributed by atoms with Crippen LogP contribution >= 0.6 is 0 Å². The van der Waals surface area contributed by atoms with Crippen molar-refractivity contribution in [2.75, 3.05) is 0 Å². The number of rotatable bonds is 1. The first-order chi connectivity index (χ1) is 3.93. The molecule has 0 unspecified atom stereocenters. The Kier molecular flexibility index (Phi) is 5.12. The Balaban J connectivity index is 0.000000640. The van der Waals surface area contributed by atoms with Crippen LogP contribution in [0, 0.1) is 6.42 Å². The van der Waals surface area contributed by atoms with Gasteiger partial charge < -0.3 is 0 Å². The maximum Gasteiger partial charge on any atom is 0 e. The van der Waals surface area contributed by atoms with Gasteiger partial charge in [-0.2, -0.15) is 24.1 Å². The summed E-state index contributed by atoms with van der Waals surface area (Å²) in [5, 5.41) is 0. The zero-order valence-electron chi connectivity index (χ0n) is 5.54. The van der Waals surface area contributed by atoms with E-state index in [1.807, 2.05) is 25.1 Å². The standard InChI is InChI=1S/C8H9.Y/c1-2-8-6-4-3-5-7-8;/h2-7H,1H3;/q-1;. The first-order valence-electron chi connectivity index (χ1n) is 2.78. The SMILES string of the molecule is C[CH-]c1ccccc1.[Y]. The fourth-order valence-corrected chi connectivity index (χ4v) is 0.645. The molecule has 1 radical (unpaired) electrons. The molecule has 0 atom stereocenters. The predicted octanol–water partition coefficient (Wildman–Crippen LogP) is 2.26. The van der Waals surface area contributed by atoms with E-state index in [1.165, 1.54) is 5.56 Å². The van der Waals surface area contributed by atoms with Crippen LogP contribution in [0.4, 0.5) is 0 Å². The molecule has 0 aliphatic carbocycles. The Morgan fingerprint density at radius 3 is 2.00 bits per heavy atom. The van der Waals surface area contributed by atoms with E-state index in [-0.39, 0.29) is 32.7 Å². The summed E-state index contributed by atoms with van der Waals surface area (Å²) in [6.07, 6.45) is 2.08. The Hall–Kier alpha value is 0.194. The van der Waals surface area contributed by atoms with Crippen LogP contribution in [0.1, 0.15) is 12.5 Å². The fraction of sp³-hybridized carbons (Fsp3) is 0.125. The topological polar surface area (TPSA) is 0 Å². The van der Waals surface area contributed by atoms with Crippen molar-refractivity contribution in [1.29, 1.82) is 0 Å². The number of hydrogen-bond acceptors (Lipinski definition) is 0. The summed E-state index contributed by atoms with van der Waals surface area (Å²) in [7, 11) is 0. The average Bonchev–Trinajstić information content (AvgIpc) is 1.90. The Labute approximate surface area is 81.5 Å². The minimum absolute atomic E-state index is 0. The zero-order valence-corrected chi connectivity index (χ0v) is 8.38. The quantitative estimate of drug-likeness (QED) is 0.601. The minimum Gasteiger partial charge on any atom is -0.192 e. The Morgan fingerprint density at radius 2 is 1.67 bits per heavy atom. The third-order valence-electron chi connectivity index (χ3n) is 1.13. The molecule has 0 saturated heterocycles. The van der Waals surface area contributed by atoms with Crippen LogP contribution in [0.2, 0.25) is 0 Å². The minimum atomic E-state index is 0. The van der Waals surface area contributed by atoms with E-state index in [4.69, 9.17) is 0 Å². The predicted molar refractivity (Wildman–Crippen MR) is 35.5 cm³/mol. The molecule has 1 heteroatoms. The van der Waals surface area contributed by atoms with Crippen molar-refractivity contribution >= 4 is 0 Å². The van der Waals surface area contributed by atoms with E-state index in [2.05, 4.69) is 18.6 Å². The zero-order chi connectivity index (χ0) is 5.82. The van der Waals surface area contributed by atoms with E-state index in [9.17, 15) is 0 Å². The second-order valence-electron chi connectivity index (χ2n) is 1.70. The van der Waals surface area contributed by atoms with Gasteiger partial charge in [0.25, 0.3) is 0 Å². The molecule has 0 aliphatic heterocycles. The van der Waals surface area contributed by atoms with Gasteiger partial charge in [0.05, 0.1) is 0 Å². The monoisotopic (exact) mass is 194 g/mol. The van der Waals surface area contributed by atoms with Gasteiger partial charge in [0.1, 0.15) is 0 Å². The van der Waals surface area contributed by atoms with Crippen LogP contribution in [0.5, 0.6) is 0 Å². The summed E-state index contributed by atoms with van der Waals surface area (Å²) in [5.74, 6) is 0. The van der Waals surface area contributed by atoms with E-state index >= 15 is 0 Å². The molecule has 0 N–H and O–H groups in total. The molecule has 45 valence electrons. The Bertz CT molecular complexity index is 146. The van der Waals surface area contributed by atoms with Crippen LogP contribution in [0.15, 0.2) is 30.3 Å². The van der Waals surface area contributed by atoms with Crippen molar-refractivity contribution in [2.45, 2.75) is 6.92 Å². The third-order valence-corrected chi connectivity index (χ3v) is 1.13. The van der Waals surface area contributed by atoms with Crippen LogP contribution in [0.25, 0.3) is 0 Å². The van der Waals surface area contributed by atoms with Crippen LogP contribution < -0.4 is 0 Å². The molecule has 0 nitrogen and oxygen atoms in total. The van der Waals surface area contributed by atoms with Gasteiger partial charge in [0.15, 0.2) is 0 Å². The molecule has 1 rings (SSSR count). The van der Waals surface area contributed by atoms with Gasteiger partial charge in [-0.25, -0.2) is 0 Å². The van der Waals surface area contributed by atoms with Crippen molar-refractivity contribution in [1.82, 2.24) is 0 Å². The summed E-state index contributed by atoms with van der Waals surface area (Å²) >= 11 is 0. The fourth-order valence-electron chi connectivity index (χ4n) is 0.645. The van der Waals surface area contributed by atoms with Gasteiger partial charge in [0.2, 0.25) is 0 Å². The summed E-state index contributed by atoms with van der Waals surface area (Å²) in [6, 6.07) is 10.3. The molecule has 1 aromatic rings. The van der Waals surface area contributed by atoms with Gasteiger partial charge in [0, 0.05) is 32.7 Å². The summed E-state index contributed by atoms with van der Waals surface area (Å²) in [5.41, 5.74) is 1.28. The third kappa shape index (κ3) is 3.03. The van der Waals surface area contributed by atoms with E-state index in [0.717, 1.165) is 0 Å². The first-order valence-corrected chi connectivity index (χ1v) is 2.78. The molecule has 0 fully saturated rings. The van der Waals surface area contributed by atoms with E-state index in [1.54, 1.807) is 0 Å². The Morgan fingerprint density at radius 1 is 1.11 bits per heavy atom. The van der Waals surface area contributed by atoms with Crippen LogP contribution in [-0.2, 0) is 32.7 Å². The van der Waals surface area contributed by atoms with Crippen LogP contribution in [-0.4, -0.2) is 0 Å². The molecule has 0 amide bonds. The maximum atomic E-state index is 2.08. The summed E-state index contributed by atoms with van der Waals surface area (Å²) in [4.78, 5) is 0. The maximum absolute atomic E-state index is 2.08. The first kappa shape index (κ1) is 9.19. The van der Waals surface area contributed by atoms with Crippen molar-refractivity contribution in [3.8, 4) is 0 Å². The molecule has 1 aromatic carbocycles. The van der Waals surface area contributed by atoms with Crippen molar-refractivity contribution in [2.24, 2.45) is 0 Å². The van der Waals surface area contributed by atoms with Crippen molar-refractivity contribution in [3.05, 3.63) is 42.3 Å². The van der Waals surface area contributed by atoms with E-state index in [0.29, 0.717) is 0 Å². The van der Waals surface area contributed by atoms with Gasteiger partial charge in [-0.15, -0.1) is 12.1 Å². The van der Waals surface area contributed by atoms with E-state index < -0.39 is 0 Å².